The minimum Gasteiger partial charge on any atom is -0.369 e. The summed E-state index contributed by atoms with van der Waals surface area (Å²) in [6.45, 7) is 4.39. The van der Waals surface area contributed by atoms with Gasteiger partial charge in [-0.25, -0.2) is 0 Å². The lowest BCUT2D eigenvalue weighted by atomic mass is 10.2. The van der Waals surface area contributed by atoms with Crippen LogP contribution in [0.15, 0.2) is 41.8 Å². The Morgan fingerprint density at radius 2 is 1.88 bits per heavy atom. The third kappa shape index (κ3) is 3.81. The molecule has 1 aliphatic heterocycles. The molecule has 25 heavy (non-hydrogen) atoms. The van der Waals surface area contributed by atoms with Crippen molar-refractivity contribution in [2.75, 3.05) is 43.4 Å². The second kappa shape index (κ2) is 7.07. The number of hydrogen-bond donors (Lipinski definition) is 2. The van der Waals surface area contributed by atoms with Gasteiger partial charge >= 0.3 is 0 Å². The van der Waals surface area contributed by atoms with Crippen LogP contribution in [-0.4, -0.2) is 48.3 Å². The molecular weight excluding hydrogens is 354 g/mol. The minimum absolute atomic E-state index is 0.747. The highest BCUT2D eigenvalue weighted by atomic mass is 35.5. The lowest BCUT2D eigenvalue weighted by Crippen LogP contribution is -2.44. The third-order valence-electron chi connectivity index (χ3n) is 4.41. The van der Waals surface area contributed by atoms with Crippen molar-refractivity contribution in [1.29, 1.82) is 0 Å². The maximum atomic E-state index is 5.98. The molecule has 2 aromatic heterocycles. The summed E-state index contributed by atoms with van der Waals surface area (Å²) >= 11 is 7.57. The van der Waals surface area contributed by atoms with Crippen LogP contribution in [0.1, 0.15) is 0 Å². The van der Waals surface area contributed by atoms with Crippen molar-refractivity contribution in [1.82, 2.24) is 15.1 Å². The van der Waals surface area contributed by atoms with E-state index in [0.29, 0.717) is 0 Å². The zero-order chi connectivity index (χ0) is 17.2. The predicted octanol–water partition coefficient (Wildman–Crippen LogP) is 4.29. The SMILES string of the molecule is CN1CCN(c2ccc(Nc3cc(-c4cc(Cl)cs4)n[nH]3)cc2)CC1. The van der Waals surface area contributed by atoms with E-state index in [1.165, 1.54) is 5.69 Å². The molecule has 0 saturated carbocycles. The summed E-state index contributed by atoms with van der Waals surface area (Å²) in [4.78, 5) is 5.85. The van der Waals surface area contributed by atoms with Crippen LogP contribution in [0.5, 0.6) is 0 Å². The van der Waals surface area contributed by atoms with E-state index in [1.54, 1.807) is 11.3 Å². The molecule has 0 unspecified atom stereocenters. The molecule has 7 heteroatoms. The number of H-pyrrole nitrogens is 1. The van der Waals surface area contributed by atoms with Crippen LogP contribution < -0.4 is 10.2 Å². The van der Waals surface area contributed by atoms with Gasteiger partial charge in [0.1, 0.15) is 11.5 Å². The molecule has 0 spiro atoms. The van der Waals surface area contributed by atoms with Gasteiger partial charge in [-0.05, 0) is 37.4 Å². The molecule has 3 heterocycles. The minimum atomic E-state index is 0.747. The van der Waals surface area contributed by atoms with Gasteiger partial charge in [-0.1, -0.05) is 11.6 Å². The molecule has 2 N–H and O–H groups in total. The number of hydrogen-bond acceptors (Lipinski definition) is 5. The predicted molar refractivity (Wildman–Crippen MR) is 106 cm³/mol. The van der Waals surface area contributed by atoms with Crippen molar-refractivity contribution in [3.8, 4) is 10.6 Å². The van der Waals surface area contributed by atoms with E-state index < -0.39 is 0 Å². The van der Waals surface area contributed by atoms with Gasteiger partial charge in [0.25, 0.3) is 0 Å². The maximum Gasteiger partial charge on any atom is 0.126 e. The summed E-state index contributed by atoms with van der Waals surface area (Å²) in [5.41, 5.74) is 3.21. The van der Waals surface area contributed by atoms with E-state index in [2.05, 4.69) is 56.6 Å². The molecule has 0 atom stereocenters. The summed E-state index contributed by atoms with van der Waals surface area (Å²) in [6.07, 6.45) is 0. The van der Waals surface area contributed by atoms with Gasteiger partial charge in [0.15, 0.2) is 0 Å². The van der Waals surface area contributed by atoms with Gasteiger partial charge in [0.2, 0.25) is 0 Å². The Bertz CT molecular complexity index is 833. The van der Waals surface area contributed by atoms with Crippen molar-refractivity contribution < 1.29 is 0 Å². The quantitative estimate of drug-likeness (QED) is 0.716. The second-order valence-corrected chi connectivity index (χ2v) is 7.61. The summed E-state index contributed by atoms with van der Waals surface area (Å²) < 4.78 is 0. The molecule has 1 aromatic carbocycles. The highest BCUT2D eigenvalue weighted by Crippen LogP contribution is 2.30. The number of nitrogens with zero attached hydrogens (tertiary/aromatic N) is 3. The fourth-order valence-corrected chi connectivity index (χ4v) is 3.97. The van der Waals surface area contributed by atoms with Gasteiger partial charge in [-0.15, -0.1) is 11.3 Å². The highest BCUT2D eigenvalue weighted by molar-refractivity contribution is 7.14. The number of aromatic amines is 1. The molecule has 0 aliphatic carbocycles. The lowest BCUT2D eigenvalue weighted by molar-refractivity contribution is 0.313. The van der Waals surface area contributed by atoms with Gasteiger partial charge < -0.3 is 15.1 Å². The Balaban J connectivity index is 1.42. The Morgan fingerprint density at radius 3 is 2.56 bits per heavy atom. The van der Waals surface area contributed by atoms with Crippen LogP contribution in [-0.2, 0) is 0 Å². The van der Waals surface area contributed by atoms with E-state index in [-0.39, 0.29) is 0 Å². The van der Waals surface area contributed by atoms with Gasteiger partial charge in [0.05, 0.1) is 9.90 Å². The van der Waals surface area contributed by atoms with Crippen molar-refractivity contribution in [2.24, 2.45) is 0 Å². The Morgan fingerprint density at radius 1 is 1.12 bits per heavy atom. The first-order valence-electron chi connectivity index (χ1n) is 8.28. The molecule has 0 radical (unpaired) electrons. The number of anilines is 3. The van der Waals surface area contributed by atoms with E-state index in [1.807, 2.05) is 17.5 Å². The maximum absolute atomic E-state index is 5.98. The fraction of sp³-hybridized carbons (Fsp3) is 0.278. The summed E-state index contributed by atoms with van der Waals surface area (Å²) in [6, 6.07) is 12.5. The van der Waals surface area contributed by atoms with Crippen molar-refractivity contribution in [3.63, 3.8) is 0 Å². The number of thiophene rings is 1. The number of nitrogens with one attached hydrogen (secondary N) is 2. The molecule has 4 rings (SSSR count). The summed E-state index contributed by atoms with van der Waals surface area (Å²) in [7, 11) is 2.17. The molecular formula is C18H20ClN5S. The second-order valence-electron chi connectivity index (χ2n) is 6.26. The molecule has 0 bridgehead atoms. The zero-order valence-corrected chi connectivity index (χ0v) is 15.6. The summed E-state index contributed by atoms with van der Waals surface area (Å²) in [5, 5.41) is 13.4. The number of benzene rings is 1. The fourth-order valence-electron chi connectivity index (χ4n) is 2.94. The largest absolute Gasteiger partial charge is 0.369 e. The lowest BCUT2D eigenvalue weighted by Gasteiger charge is -2.34. The van der Waals surface area contributed by atoms with Crippen LogP contribution in [0, 0.1) is 0 Å². The monoisotopic (exact) mass is 373 g/mol. The van der Waals surface area contributed by atoms with Crippen LogP contribution in [0.25, 0.3) is 10.6 Å². The topological polar surface area (TPSA) is 47.2 Å². The van der Waals surface area contributed by atoms with Crippen molar-refractivity contribution in [3.05, 3.63) is 46.8 Å². The average Bonchev–Trinajstić information content (AvgIpc) is 3.25. The molecule has 130 valence electrons. The van der Waals surface area contributed by atoms with Crippen molar-refractivity contribution >= 4 is 40.1 Å². The normalized spacial score (nSPS) is 15.5. The van der Waals surface area contributed by atoms with E-state index in [0.717, 1.165) is 53.3 Å². The number of aromatic nitrogens is 2. The first-order chi connectivity index (χ1) is 12.2. The van der Waals surface area contributed by atoms with Crippen molar-refractivity contribution in [2.45, 2.75) is 0 Å². The standard InChI is InChI=1S/C18H20ClN5S/c1-23-6-8-24(9-7-23)15-4-2-14(3-5-15)20-18-11-16(21-22-18)17-10-13(19)12-25-17/h2-5,10-12H,6-9H2,1H3,(H2,20,21,22). The summed E-state index contributed by atoms with van der Waals surface area (Å²) in [5.74, 6) is 0.867. The molecule has 0 amide bonds. The van der Waals surface area contributed by atoms with E-state index in [4.69, 9.17) is 11.6 Å². The molecule has 3 aromatic rings. The van der Waals surface area contributed by atoms with Crippen LogP contribution >= 0.6 is 22.9 Å². The average molecular weight is 374 g/mol. The number of piperazine rings is 1. The molecule has 1 fully saturated rings. The molecule has 5 nitrogen and oxygen atoms in total. The number of halogens is 1. The van der Waals surface area contributed by atoms with E-state index in [9.17, 15) is 0 Å². The first-order valence-corrected chi connectivity index (χ1v) is 9.53. The molecule has 1 aliphatic rings. The first kappa shape index (κ1) is 16.4. The number of rotatable bonds is 4. The smallest absolute Gasteiger partial charge is 0.126 e. The number of likely N-dealkylation sites (N-methyl/N-ethyl adjacent to an activating group) is 1. The molecule has 1 saturated heterocycles. The highest BCUT2D eigenvalue weighted by Gasteiger charge is 2.14. The third-order valence-corrected chi connectivity index (χ3v) is 5.71. The zero-order valence-electron chi connectivity index (χ0n) is 14.0. The van der Waals surface area contributed by atoms with Gasteiger partial charge in [-0.2, -0.15) is 5.10 Å². The van der Waals surface area contributed by atoms with Crippen LogP contribution in [0.4, 0.5) is 17.2 Å². The Kier molecular flexibility index (Phi) is 4.65. The van der Waals surface area contributed by atoms with E-state index >= 15 is 0 Å². The van der Waals surface area contributed by atoms with Gasteiger partial charge in [-0.3, -0.25) is 5.10 Å². The van der Waals surface area contributed by atoms with Gasteiger partial charge in [0, 0.05) is 49.0 Å². The Hall–Kier alpha value is -2.02. The van der Waals surface area contributed by atoms with Crippen LogP contribution in [0.3, 0.4) is 0 Å². The van der Waals surface area contributed by atoms with Crippen LogP contribution in [0.2, 0.25) is 5.02 Å². The Labute approximate surface area is 156 Å².